The zero-order valence-corrected chi connectivity index (χ0v) is 21.5. The number of aromatic nitrogens is 4. The fourth-order valence-corrected chi connectivity index (χ4v) is 5.09. The molecule has 0 atom stereocenters. The molecule has 1 amide bonds. The minimum Gasteiger partial charge on any atom is -0.322 e. The van der Waals surface area contributed by atoms with Gasteiger partial charge in [-0.1, -0.05) is 32.4 Å². The first kappa shape index (κ1) is 24.4. The monoisotopic (exact) mass is 488 g/mol. The number of rotatable bonds is 8. The molecule has 3 heterocycles. The SMILES string of the molecule is Cn1cnnc1CC(C)(C)c1cccc(NC(=O)c2cc(CN3CCCCC3)cn(C3CC3)c2=O)c1. The van der Waals surface area contributed by atoms with Gasteiger partial charge in [0.2, 0.25) is 0 Å². The third-order valence-electron chi connectivity index (χ3n) is 7.45. The molecule has 1 aliphatic heterocycles. The Labute approximate surface area is 212 Å². The molecule has 8 nitrogen and oxygen atoms in total. The van der Waals surface area contributed by atoms with Crippen LogP contribution in [0.5, 0.6) is 0 Å². The number of pyridine rings is 1. The number of likely N-dealkylation sites (tertiary alicyclic amines) is 1. The summed E-state index contributed by atoms with van der Waals surface area (Å²) in [5.74, 6) is 0.554. The molecule has 2 aliphatic rings. The molecule has 36 heavy (non-hydrogen) atoms. The van der Waals surface area contributed by atoms with E-state index in [1.807, 2.05) is 36.0 Å². The van der Waals surface area contributed by atoms with Gasteiger partial charge < -0.3 is 14.5 Å². The number of hydrogen-bond acceptors (Lipinski definition) is 5. The van der Waals surface area contributed by atoms with E-state index in [0.29, 0.717) is 12.1 Å². The Balaban J connectivity index is 1.37. The van der Waals surface area contributed by atoms with E-state index in [0.717, 1.165) is 49.4 Å². The first-order valence-electron chi connectivity index (χ1n) is 13.0. The van der Waals surface area contributed by atoms with Gasteiger partial charge in [0.1, 0.15) is 17.7 Å². The average Bonchev–Trinajstić information content (AvgIpc) is 3.63. The van der Waals surface area contributed by atoms with Crippen LogP contribution in [-0.4, -0.2) is 43.2 Å². The molecule has 2 aromatic heterocycles. The normalized spacial score (nSPS) is 16.8. The summed E-state index contributed by atoms with van der Waals surface area (Å²) in [6.07, 6.45) is 10.1. The molecule has 3 aromatic rings. The average molecular weight is 489 g/mol. The van der Waals surface area contributed by atoms with Crippen LogP contribution in [-0.2, 0) is 25.4 Å². The molecule has 0 bridgehead atoms. The van der Waals surface area contributed by atoms with Crippen molar-refractivity contribution in [3.63, 3.8) is 0 Å². The van der Waals surface area contributed by atoms with Crippen LogP contribution in [0.1, 0.15) is 79.3 Å². The topological polar surface area (TPSA) is 85.1 Å². The first-order valence-corrected chi connectivity index (χ1v) is 13.0. The van der Waals surface area contributed by atoms with Gasteiger partial charge in [-0.3, -0.25) is 14.5 Å². The van der Waals surface area contributed by atoms with Crippen LogP contribution in [0.2, 0.25) is 0 Å². The summed E-state index contributed by atoms with van der Waals surface area (Å²) >= 11 is 0. The second kappa shape index (κ2) is 10.0. The number of piperidine rings is 1. The van der Waals surface area contributed by atoms with E-state index in [1.165, 1.54) is 19.3 Å². The van der Waals surface area contributed by atoms with Crippen molar-refractivity contribution in [2.24, 2.45) is 7.05 Å². The lowest BCUT2D eigenvalue weighted by Gasteiger charge is -2.27. The fraction of sp³-hybridized carbons (Fsp3) is 0.500. The predicted molar refractivity (Wildman–Crippen MR) is 140 cm³/mol. The molecule has 5 rings (SSSR count). The van der Waals surface area contributed by atoms with Crippen LogP contribution in [0.4, 0.5) is 5.69 Å². The van der Waals surface area contributed by atoms with Crippen LogP contribution in [0.15, 0.2) is 47.7 Å². The summed E-state index contributed by atoms with van der Waals surface area (Å²) in [7, 11) is 1.94. The Morgan fingerprint density at radius 3 is 2.61 bits per heavy atom. The number of nitrogens with zero attached hydrogens (tertiary/aromatic N) is 5. The molecule has 1 saturated heterocycles. The highest BCUT2D eigenvalue weighted by atomic mass is 16.2. The summed E-state index contributed by atoms with van der Waals surface area (Å²) in [6, 6.07) is 9.88. The van der Waals surface area contributed by atoms with Crippen molar-refractivity contribution in [1.82, 2.24) is 24.2 Å². The number of benzene rings is 1. The summed E-state index contributed by atoms with van der Waals surface area (Å²) in [6.45, 7) is 7.23. The molecule has 1 aromatic carbocycles. The number of anilines is 1. The standard InChI is InChI=1S/C28H36N6O2/c1-28(2,16-25-31-29-19-32(25)3)21-8-7-9-22(15-21)30-26(35)24-14-20(17-33-12-5-4-6-13-33)18-34(27(24)36)23-10-11-23/h7-9,14-15,18-19,23H,4-6,10-13,16-17H2,1-3H3,(H,30,35). The lowest BCUT2D eigenvalue weighted by molar-refractivity contribution is 0.102. The highest BCUT2D eigenvalue weighted by Gasteiger charge is 2.28. The number of carbonyl (C=O) groups excluding carboxylic acids is 1. The van der Waals surface area contributed by atoms with Gasteiger partial charge in [0.15, 0.2) is 0 Å². The zero-order valence-electron chi connectivity index (χ0n) is 21.5. The van der Waals surface area contributed by atoms with Crippen molar-refractivity contribution in [3.8, 4) is 0 Å². The minimum absolute atomic E-state index is 0.198. The Bertz CT molecular complexity index is 1300. The maximum Gasteiger partial charge on any atom is 0.263 e. The van der Waals surface area contributed by atoms with Gasteiger partial charge in [0.25, 0.3) is 11.5 Å². The Morgan fingerprint density at radius 2 is 1.92 bits per heavy atom. The van der Waals surface area contributed by atoms with Crippen LogP contribution in [0.3, 0.4) is 0 Å². The largest absolute Gasteiger partial charge is 0.322 e. The molecular weight excluding hydrogens is 452 g/mol. The van der Waals surface area contributed by atoms with Crippen molar-refractivity contribution >= 4 is 11.6 Å². The van der Waals surface area contributed by atoms with E-state index < -0.39 is 0 Å². The van der Waals surface area contributed by atoms with Gasteiger partial charge in [0.05, 0.1) is 0 Å². The van der Waals surface area contributed by atoms with E-state index in [2.05, 4.69) is 40.3 Å². The van der Waals surface area contributed by atoms with Crippen LogP contribution >= 0.6 is 0 Å². The molecule has 2 fully saturated rings. The highest BCUT2D eigenvalue weighted by Crippen LogP contribution is 2.34. The number of carbonyl (C=O) groups is 1. The third kappa shape index (κ3) is 5.43. The summed E-state index contributed by atoms with van der Waals surface area (Å²) in [4.78, 5) is 29.0. The van der Waals surface area contributed by atoms with E-state index in [1.54, 1.807) is 17.0 Å². The second-order valence-corrected chi connectivity index (χ2v) is 11.0. The minimum atomic E-state index is -0.349. The Kier molecular flexibility index (Phi) is 6.79. The van der Waals surface area contributed by atoms with E-state index >= 15 is 0 Å². The zero-order chi connectivity index (χ0) is 25.3. The second-order valence-electron chi connectivity index (χ2n) is 11.0. The predicted octanol–water partition coefficient (Wildman–Crippen LogP) is 4.07. The molecule has 8 heteroatoms. The lowest BCUT2D eigenvalue weighted by atomic mass is 9.81. The van der Waals surface area contributed by atoms with Gasteiger partial charge in [-0.05, 0) is 73.5 Å². The number of hydrogen-bond donors (Lipinski definition) is 1. The maximum atomic E-state index is 13.4. The van der Waals surface area contributed by atoms with Gasteiger partial charge in [0, 0.05) is 37.9 Å². The van der Waals surface area contributed by atoms with Crippen molar-refractivity contribution in [1.29, 1.82) is 0 Å². The Morgan fingerprint density at radius 1 is 1.14 bits per heavy atom. The van der Waals surface area contributed by atoms with Crippen LogP contribution < -0.4 is 10.9 Å². The molecular formula is C28H36N6O2. The van der Waals surface area contributed by atoms with Gasteiger partial charge in [-0.15, -0.1) is 10.2 Å². The smallest absolute Gasteiger partial charge is 0.263 e. The third-order valence-corrected chi connectivity index (χ3v) is 7.45. The summed E-state index contributed by atoms with van der Waals surface area (Å²) in [5, 5.41) is 11.2. The van der Waals surface area contributed by atoms with Crippen molar-refractivity contribution in [2.45, 2.75) is 70.4 Å². The van der Waals surface area contributed by atoms with E-state index in [4.69, 9.17) is 0 Å². The number of nitrogens with one attached hydrogen (secondary N) is 1. The first-order chi connectivity index (χ1) is 17.3. The molecule has 1 saturated carbocycles. The van der Waals surface area contributed by atoms with Gasteiger partial charge >= 0.3 is 0 Å². The molecule has 1 N–H and O–H groups in total. The van der Waals surface area contributed by atoms with Gasteiger partial charge in [-0.25, -0.2) is 0 Å². The summed E-state index contributed by atoms with van der Waals surface area (Å²) in [5.41, 5.74) is 2.61. The molecule has 0 spiro atoms. The van der Waals surface area contributed by atoms with E-state index in [-0.39, 0.29) is 28.5 Å². The van der Waals surface area contributed by atoms with Crippen molar-refractivity contribution in [2.75, 3.05) is 18.4 Å². The molecule has 0 radical (unpaired) electrons. The highest BCUT2D eigenvalue weighted by molar-refractivity contribution is 6.04. The van der Waals surface area contributed by atoms with Crippen LogP contribution in [0.25, 0.3) is 0 Å². The van der Waals surface area contributed by atoms with Crippen molar-refractivity contribution < 1.29 is 4.79 Å². The quantitative estimate of drug-likeness (QED) is 0.517. The summed E-state index contributed by atoms with van der Waals surface area (Å²) < 4.78 is 3.71. The molecule has 0 unspecified atom stereocenters. The Hall–Kier alpha value is -3.26. The molecule has 190 valence electrons. The van der Waals surface area contributed by atoms with Crippen molar-refractivity contribution in [3.05, 3.63) is 75.7 Å². The maximum absolute atomic E-state index is 13.4. The van der Waals surface area contributed by atoms with E-state index in [9.17, 15) is 9.59 Å². The van der Waals surface area contributed by atoms with Gasteiger partial charge in [-0.2, -0.15) is 0 Å². The van der Waals surface area contributed by atoms with Crippen LogP contribution in [0, 0.1) is 0 Å². The fourth-order valence-electron chi connectivity index (χ4n) is 5.09. The number of amides is 1. The number of aryl methyl sites for hydroxylation is 1. The molecule has 1 aliphatic carbocycles. The lowest BCUT2D eigenvalue weighted by Crippen LogP contribution is -2.32.